The summed E-state index contributed by atoms with van der Waals surface area (Å²) < 4.78 is 0. The molecule has 0 aliphatic carbocycles. The molecular formula is C20H34N4O. The number of benzene rings is 1. The molecule has 0 bridgehead atoms. The molecule has 5 nitrogen and oxygen atoms in total. The monoisotopic (exact) mass is 346 g/mol. The second kappa shape index (κ2) is 11.5. The van der Waals surface area contributed by atoms with Crippen LogP contribution < -0.4 is 16.0 Å². The van der Waals surface area contributed by atoms with Crippen LogP contribution in [0.4, 0.5) is 5.69 Å². The lowest BCUT2D eigenvalue weighted by Crippen LogP contribution is -2.42. The molecule has 0 saturated heterocycles. The molecule has 25 heavy (non-hydrogen) atoms. The minimum Gasteiger partial charge on any atom is -0.356 e. The van der Waals surface area contributed by atoms with Gasteiger partial charge in [-0.1, -0.05) is 38.8 Å². The van der Waals surface area contributed by atoms with E-state index in [4.69, 9.17) is 0 Å². The molecule has 3 N–H and O–H groups in total. The summed E-state index contributed by atoms with van der Waals surface area (Å²) in [5.41, 5.74) is 2.05. The molecule has 0 radical (unpaired) electrons. The molecular weight excluding hydrogens is 312 g/mol. The minimum atomic E-state index is -0.0493. The molecule has 0 heterocycles. The van der Waals surface area contributed by atoms with Crippen molar-refractivity contribution in [3.63, 3.8) is 0 Å². The zero-order valence-corrected chi connectivity index (χ0v) is 16.4. The molecule has 1 rings (SSSR count). The number of guanidine groups is 1. The van der Waals surface area contributed by atoms with Crippen molar-refractivity contribution in [2.75, 3.05) is 18.9 Å². The van der Waals surface area contributed by atoms with E-state index in [0.717, 1.165) is 37.0 Å². The van der Waals surface area contributed by atoms with Gasteiger partial charge < -0.3 is 16.0 Å². The standard InChI is InChI=1S/C20H34N4O/c1-15(2)7-6-8-16(3)23-20(21-5)22-14-13-18-9-11-19(12-10-18)24-17(4)25/h9-12,15-16H,6-8,13-14H2,1-5H3,(H,24,25)(H2,21,22,23). The van der Waals surface area contributed by atoms with E-state index in [1.165, 1.54) is 25.3 Å². The zero-order valence-electron chi connectivity index (χ0n) is 16.4. The van der Waals surface area contributed by atoms with Gasteiger partial charge in [0, 0.05) is 32.2 Å². The Morgan fingerprint density at radius 1 is 1.12 bits per heavy atom. The summed E-state index contributed by atoms with van der Waals surface area (Å²) in [7, 11) is 1.80. The lowest BCUT2D eigenvalue weighted by molar-refractivity contribution is -0.114. The number of nitrogens with zero attached hydrogens (tertiary/aromatic N) is 1. The van der Waals surface area contributed by atoms with Crippen LogP contribution in [0.5, 0.6) is 0 Å². The summed E-state index contributed by atoms with van der Waals surface area (Å²) in [5.74, 6) is 1.57. The number of nitrogens with one attached hydrogen (secondary N) is 3. The highest BCUT2D eigenvalue weighted by atomic mass is 16.1. The Balaban J connectivity index is 2.31. The van der Waals surface area contributed by atoms with Crippen LogP contribution in [-0.4, -0.2) is 31.5 Å². The summed E-state index contributed by atoms with van der Waals surface area (Å²) in [6.07, 6.45) is 4.57. The normalized spacial score (nSPS) is 12.8. The molecule has 1 amide bonds. The molecule has 0 spiro atoms. The van der Waals surface area contributed by atoms with Gasteiger partial charge in [0.05, 0.1) is 0 Å². The molecule has 0 fully saturated rings. The first kappa shape index (κ1) is 21.0. The number of carbonyl (C=O) groups excluding carboxylic acids is 1. The number of carbonyl (C=O) groups is 1. The predicted octanol–water partition coefficient (Wildman–Crippen LogP) is 3.57. The SMILES string of the molecule is CN=C(NCCc1ccc(NC(C)=O)cc1)NC(C)CCCC(C)C. The van der Waals surface area contributed by atoms with E-state index in [2.05, 4.69) is 41.7 Å². The number of hydrogen-bond acceptors (Lipinski definition) is 2. The average Bonchev–Trinajstić information content (AvgIpc) is 2.54. The highest BCUT2D eigenvalue weighted by Gasteiger charge is 2.05. The second-order valence-electron chi connectivity index (χ2n) is 7.00. The van der Waals surface area contributed by atoms with Gasteiger partial charge in [-0.25, -0.2) is 0 Å². The molecule has 1 aromatic carbocycles. The van der Waals surface area contributed by atoms with E-state index in [1.807, 2.05) is 24.3 Å². The van der Waals surface area contributed by atoms with E-state index in [-0.39, 0.29) is 5.91 Å². The number of hydrogen-bond donors (Lipinski definition) is 3. The van der Waals surface area contributed by atoms with Gasteiger partial charge in [-0.05, 0) is 43.4 Å². The van der Waals surface area contributed by atoms with Gasteiger partial charge in [0.1, 0.15) is 0 Å². The van der Waals surface area contributed by atoms with Crippen LogP contribution in [-0.2, 0) is 11.2 Å². The summed E-state index contributed by atoms with van der Waals surface area (Å²) in [5, 5.41) is 9.59. The third-order valence-corrected chi connectivity index (χ3v) is 4.01. The Hall–Kier alpha value is -2.04. The number of rotatable bonds is 9. The van der Waals surface area contributed by atoms with Gasteiger partial charge >= 0.3 is 0 Å². The van der Waals surface area contributed by atoms with Crippen molar-refractivity contribution in [1.82, 2.24) is 10.6 Å². The van der Waals surface area contributed by atoms with Crippen molar-refractivity contribution in [1.29, 1.82) is 0 Å². The van der Waals surface area contributed by atoms with E-state index in [0.29, 0.717) is 6.04 Å². The summed E-state index contributed by atoms with van der Waals surface area (Å²) in [4.78, 5) is 15.3. The fourth-order valence-electron chi connectivity index (χ4n) is 2.62. The molecule has 1 aromatic rings. The van der Waals surface area contributed by atoms with Crippen LogP contribution in [0.15, 0.2) is 29.3 Å². The van der Waals surface area contributed by atoms with Crippen molar-refractivity contribution in [2.45, 2.75) is 59.4 Å². The van der Waals surface area contributed by atoms with Crippen molar-refractivity contribution in [2.24, 2.45) is 10.9 Å². The Morgan fingerprint density at radius 2 is 1.80 bits per heavy atom. The van der Waals surface area contributed by atoms with E-state index in [1.54, 1.807) is 7.05 Å². The van der Waals surface area contributed by atoms with Crippen LogP contribution in [0.2, 0.25) is 0 Å². The van der Waals surface area contributed by atoms with Crippen LogP contribution in [0, 0.1) is 5.92 Å². The fourth-order valence-corrected chi connectivity index (χ4v) is 2.62. The maximum Gasteiger partial charge on any atom is 0.221 e. The molecule has 0 saturated carbocycles. The van der Waals surface area contributed by atoms with Crippen LogP contribution in [0.1, 0.15) is 52.5 Å². The second-order valence-corrected chi connectivity index (χ2v) is 7.00. The largest absolute Gasteiger partial charge is 0.356 e. The molecule has 1 unspecified atom stereocenters. The molecule has 0 aliphatic heterocycles. The maximum absolute atomic E-state index is 11.0. The van der Waals surface area contributed by atoms with E-state index in [9.17, 15) is 4.79 Å². The number of amides is 1. The third kappa shape index (κ3) is 9.75. The molecule has 140 valence electrons. The van der Waals surface area contributed by atoms with Crippen molar-refractivity contribution in [3.8, 4) is 0 Å². The van der Waals surface area contributed by atoms with Gasteiger partial charge in [0.15, 0.2) is 5.96 Å². The molecule has 1 atom stereocenters. The Labute approximate surface area is 152 Å². The zero-order chi connectivity index (χ0) is 18.7. The van der Waals surface area contributed by atoms with Crippen LogP contribution in [0.3, 0.4) is 0 Å². The van der Waals surface area contributed by atoms with Gasteiger partial charge in [0.25, 0.3) is 0 Å². The van der Waals surface area contributed by atoms with Crippen LogP contribution in [0.25, 0.3) is 0 Å². The summed E-state index contributed by atoms with van der Waals surface area (Å²) in [6.45, 7) is 9.06. The summed E-state index contributed by atoms with van der Waals surface area (Å²) >= 11 is 0. The minimum absolute atomic E-state index is 0.0493. The van der Waals surface area contributed by atoms with E-state index >= 15 is 0 Å². The Bertz CT molecular complexity index is 537. The average molecular weight is 347 g/mol. The van der Waals surface area contributed by atoms with Crippen LogP contribution >= 0.6 is 0 Å². The number of aliphatic imine (C=N–C) groups is 1. The van der Waals surface area contributed by atoms with Crippen molar-refractivity contribution >= 4 is 17.6 Å². The first-order chi connectivity index (χ1) is 11.9. The fraction of sp³-hybridized carbons (Fsp3) is 0.600. The van der Waals surface area contributed by atoms with Gasteiger partial charge in [-0.2, -0.15) is 0 Å². The Kier molecular flexibility index (Phi) is 9.66. The van der Waals surface area contributed by atoms with Crippen molar-refractivity contribution in [3.05, 3.63) is 29.8 Å². The highest BCUT2D eigenvalue weighted by Crippen LogP contribution is 2.10. The highest BCUT2D eigenvalue weighted by molar-refractivity contribution is 5.88. The lowest BCUT2D eigenvalue weighted by atomic mass is 10.0. The smallest absolute Gasteiger partial charge is 0.221 e. The van der Waals surface area contributed by atoms with Gasteiger partial charge in [-0.3, -0.25) is 9.79 Å². The Morgan fingerprint density at radius 3 is 2.36 bits per heavy atom. The van der Waals surface area contributed by atoms with Crippen molar-refractivity contribution < 1.29 is 4.79 Å². The van der Waals surface area contributed by atoms with E-state index < -0.39 is 0 Å². The predicted molar refractivity (Wildman–Crippen MR) is 107 cm³/mol. The molecule has 0 aromatic heterocycles. The number of anilines is 1. The molecule has 0 aliphatic rings. The van der Waals surface area contributed by atoms with Gasteiger partial charge in [0.2, 0.25) is 5.91 Å². The topological polar surface area (TPSA) is 65.5 Å². The third-order valence-electron chi connectivity index (χ3n) is 4.01. The molecule has 5 heteroatoms. The lowest BCUT2D eigenvalue weighted by Gasteiger charge is -2.18. The first-order valence-corrected chi connectivity index (χ1v) is 9.24. The summed E-state index contributed by atoms with van der Waals surface area (Å²) in [6, 6.07) is 8.36. The maximum atomic E-state index is 11.0. The quantitative estimate of drug-likeness (QED) is 0.473. The van der Waals surface area contributed by atoms with Gasteiger partial charge in [-0.15, -0.1) is 0 Å². The first-order valence-electron chi connectivity index (χ1n) is 9.24.